The van der Waals surface area contributed by atoms with Crippen LogP contribution < -0.4 is 10.2 Å². The topological polar surface area (TPSA) is 49.4 Å². The van der Waals surface area contributed by atoms with Crippen molar-refractivity contribution in [2.24, 2.45) is 0 Å². The van der Waals surface area contributed by atoms with Crippen molar-refractivity contribution in [1.29, 1.82) is 0 Å². The molecular weight excluding hydrogens is 365 g/mol. The zero-order valence-electron chi connectivity index (χ0n) is 14.2. The highest BCUT2D eigenvalue weighted by atomic mass is 32.2. The summed E-state index contributed by atoms with van der Waals surface area (Å²) in [6.45, 7) is 0. The number of alkyl halides is 3. The first-order chi connectivity index (χ1) is 12.3. The van der Waals surface area contributed by atoms with E-state index in [4.69, 9.17) is 0 Å². The van der Waals surface area contributed by atoms with Crippen molar-refractivity contribution < 1.29 is 22.8 Å². The second-order valence-electron chi connectivity index (χ2n) is 6.74. The molecule has 1 unspecified atom stereocenters. The number of thioether (sulfide) groups is 1. The standard InChI is InChI=1S/C18H21F3N2O2S/c19-18(20,21)10-15-16(24)23(17(25)22-15)13-6-4-5-12(9-13)11-26-14-7-2-1-3-8-14/h4-6,9,14-15H,1-3,7-8,10-11H2,(H,22,25). The van der Waals surface area contributed by atoms with E-state index in [0.717, 1.165) is 16.2 Å². The lowest BCUT2D eigenvalue weighted by molar-refractivity contribution is -0.145. The molecule has 8 heteroatoms. The van der Waals surface area contributed by atoms with Gasteiger partial charge in [-0.05, 0) is 30.5 Å². The molecule has 1 heterocycles. The van der Waals surface area contributed by atoms with Crippen molar-refractivity contribution in [3.8, 4) is 0 Å². The Morgan fingerprint density at radius 3 is 2.58 bits per heavy atom. The summed E-state index contributed by atoms with van der Waals surface area (Å²) < 4.78 is 37.7. The van der Waals surface area contributed by atoms with Gasteiger partial charge < -0.3 is 5.32 Å². The summed E-state index contributed by atoms with van der Waals surface area (Å²) in [6, 6.07) is 4.56. The first-order valence-corrected chi connectivity index (χ1v) is 9.80. The molecule has 142 valence electrons. The lowest BCUT2D eigenvalue weighted by Crippen LogP contribution is -2.34. The van der Waals surface area contributed by atoms with Crippen LogP contribution in [0.1, 0.15) is 44.1 Å². The summed E-state index contributed by atoms with van der Waals surface area (Å²) in [5, 5.41) is 2.75. The molecule has 2 fully saturated rings. The number of imide groups is 1. The Balaban J connectivity index is 1.67. The van der Waals surface area contributed by atoms with Gasteiger partial charge in [0.05, 0.1) is 12.1 Å². The summed E-state index contributed by atoms with van der Waals surface area (Å²) in [7, 11) is 0. The van der Waals surface area contributed by atoms with E-state index in [1.807, 2.05) is 17.8 Å². The third kappa shape index (κ3) is 4.72. The molecule has 1 N–H and O–H groups in total. The fourth-order valence-corrected chi connectivity index (χ4v) is 4.65. The Labute approximate surface area is 154 Å². The van der Waals surface area contributed by atoms with E-state index in [0.29, 0.717) is 10.9 Å². The zero-order valence-corrected chi connectivity index (χ0v) is 15.0. The van der Waals surface area contributed by atoms with Gasteiger partial charge in [-0.2, -0.15) is 24.9 Å². The van der Waals surface area contributed by atoms with E-state index in [1.165, 1.54) is 32.1 Å². The largest absolute Gasteiger partial charge is 0.391 e. The minimum Gasteiger partial charge on any atom is -0.325 e. The number of benzene rings is 1. The average molecular weight is 386 g/mol. The van der Waals surface area contributed by atoms with Gasteiger partial charge in [0.15, 0.2) is 0 Å². The van der Waals surface area contributed by atoms with Gasteiger partial charge in [-0.3, -0.25) is 4.79 Å². The molecule has 1 saturated carbocycles. The van der Waals surface area contributed by atoms with Crippen molar-refractivity contribution in [1.82, 2.24) is 5.32 Å². The minimum atomic E-state index is -4.51. The van der Waals surface area contributed by atoms with E-state index in [9.17, 15) is 22.8 Å². The molecule has 26 heavy (non-hydrogen) atoms. The monoisotopic (exact) mass is 386 g/mol. The van der Waals surface area contributed by atoms with Gasteiger partial charge in [-0.15, -0.1) is 0 Å². The lowest BCUT2D eigenvalue weighted by atomic mass is 10.0. The molecule has 3 rings (SSSR count). The maximum atomic E-state index is 12.6. The van der Waals surface area contributed by atoms with Crippen molar-refractivity contribution in [3.63, 3.8) is 0 Å². The highest BCUT2D eigenvalue weighted by Gasteiger charge is 2.45. The van der Waals surface area contributed by atoms with Crippen LogP contribution in [0.2, 0.25) is 0 Å². The smallest absolute Gasteiger partial charge is 0.325 e. The minimum absolute atomic E-state index is 0.318. The molecule has 3 amide bonds. The molecule has 1 aromatic rings. The summed E-state index contributed by atoms with van der Waals surface area (Å²) >= 11 is 1.86. The second kappa shape index (κ2) is 7.90. The van der Waals surface area contributed by atoms with Crippen LogP contribution in [0, 0.1) is 0 Å². The molecular formula is C18H21F3N2O2S. The molecule has 2 aliphatic rings. The number of anilines is 1. The van der Waals surface area contributed by atoms with Gasteiger partial charge in [0.1, 0.15) is 6.04 Å². The normalized spacial score (nSPS) is 22.0. The second-order valence-corrected chi connectivity index (χ2v) is 8.02. The molecule has 0 aromatic heterocycles. The van der Waals surface area contributed by atoms with Crippen molar-refractivity contribution >= 4 is 29.4 Å². The van der Waals surface area contributed by atoms with Gasteiger partial charge in [-0.1, -0.05) is 31.4 Å². The third-order valence-electron chi connectivity index (χ3n) is 4.66. The number of hydrogen-bond acceptors (Lipinski definition) is 3. The predicted molar refractivity (Wildman–Crippen MR) is 95.1 cm³/mol. The fourth-order valence-electron chi connectivity index (χ4n) is 3.38. The fraction of sp³-hybridized carbons (Fsp3) is 0.556. The summed E-state index contributed by atoms with van der Waals surface area (Å²) in [6.07, 6.45) is 0.333. The van der Waals surface area contributed by atoms with Crippen molar-refractivity contribution in [3.05, 3.63) is 29.8 Å². The molecule has 1 aliphatic heterocycles. The van der Waals surface area contributed by atoms with E-state index in [2.05, 4.69) is 5.32 Å². The molecule has 4 nitrogen and oxygen atoms in total. The number of amides is 3. The van der Waals surface area contributed by atoms with Gasteiger partial charge in [0.2, 0.25) is 0 Å². The Morgan fingerprint density at radius 1 is 1.15 bits per heavy atom. The average Bonchev–Trinajstić information content (AvgIpc) is 2.86. The lowest BCUT2D eigenvalue weighted by Gasteiger charge is -2.21. The van der Waals surface area contributed by atoms with Crippen LogP contribution in [0.25, 0.3) is 0 Å². The van der Waals surface area contributed by atoms with Crippen molar-refractivity contribution in [2.45, 2.75) is 61.7 Å². The zero-order chi connectivity index (χ0) is 18.7. The maximum Gasteiger partial charge on any atom is 0.391 e. The highest BCUT2D eigenvalue weighted by molar-refractivity contribution is 7.99. The van der Waals surface area contributed by atoms with Gasteiger partial charge in [-0.25, -0.2) is 9.69 Å². The van der Waals surface area contributed by atoms with E-state index >= 15 is 0 Å². The Morgan fingerprint density at radius 2 is 1.88 bits per heavy atom. The number of halogens is 3. The summed E-state index contributed by atoms with van der Waals surface area (Å²) in [4.78, 5) is 25.1. The third-order valence-corrected chi connectivity index (χ3v) is 6.10. The van der Waals surface area contributed by atoms with Gasteiger partial charge in [0, 0.05) is 11.0 Å². The first-order valence-electron chi connectivity index (χ1n) is 8.75. The number of carbonyl (C=O) groups excluding carboxylic acids is 2. The maximum absolute atomic E-state index is 12.6. The summed E-state index contributed by atoms with van der Waals surface area (Å²) in [5.74, 6) is -0.0990. The van der Waals surface area contributed by atoms with Gasteiger partial charge >= 0.3 is 12.2 Å². The van der Waals surface area contributed by atoms with Crippen LogP contribution in [0.4, 0.5) is 23.7 Å². The highest BCUT2D eigenvalue weighted by Crippen LogP contribution is 2.32. The van der Waals surface area contributed by atoms with Crippen LogP contribution in [0.3, 0.4) is 0 Å². The Bertz CT molecular complexity index is 675. The number of carbonyl (C=O) groups is 2. The summed E-state index contributed by atoms with van der Waals surface area (Å²) in [5.41, 5.74) is 1.27. The SMILES string of the molecule is O=C1NC(CC(F)(F)F)C(=O)N1c1cccc(CSC2CCCCC2)c1. The number of urea groups is 1. The Hall–Kier alpha value is -1.70. The number of nitrogens with zero attached hydrogens (tertiary/aromatic N) is 1. The molecule has 1 saturated heterocycles. The van der Waals surface area contributed by atoms with Crippen LogP contribution in [0.5, 0.6) is 0 Å². The molecule has 0 radical (unpaired) electrons. The van der Waals surface area contributed by atoms with Crippen LogP contribution in [-0.2, 0) is 10.5 Å². The Kier molecular flexibility index (Phi) is 5.79. The molecule has 0 bridgehead atoms. The number of nitrogens with one attached hydrogen (secondary N) is 1. The first kappa shape index (κ1) is 19.1. The van der Waals surface area contributed by atoms with E-state index < -0.39 is 30.6 Å². The quantitative estimate of drug-likeness (QED) is 0.751. The van der Waals surface area contributed by atoms with Crippen LogP contribution in [0.15, 0.2) is 24.3 Å². The molecule has 0 spiro atoms. The van der Waals surface area contributed by atoms with Gasteiger partial charge in [0.25, 0.3) is 5.91 Å². The van der Waals surface area contributed by atoms with Crippen LogP contribution >= 0.6 is 11.8 Å². The molecule has 1 aliphatic carbocycles. The molecule has 1 atom stereocenters. The number of hydrogen-bond donors (Lipinski definition) is 1. The number of rotatable bonds is 5. The van der Waals surface area contributed by atoms with E-state index in [-0.39, 0.29) is 0 Å². The predicted octanol–water partition coefficient (Wildman–Crippen LogP) is 4.63. The van der Waals surface area contributed by atoms with Crippen LogP contribution in [-0.4, -0.2) is 29.4 Å². The van der Waals surface area contributed by atoms with Crippen molar-refractivity contribution in [2.75, 3.05) is 4.90 Å². The van der Waals surface area contributed by atoms with E-state index in [1.54, 1.807) is 18.2 Å². The molecule has 1 aromatic carbocycles.